The molecule has 0 radical (unpaired) electrons. The number of nitrogens with zero attached hydrogens (tertiary/aromatic N) is 3. The summed E-state index contributed by atoms with van der Waals surface area (Å²) in [5, 5.41) is 0. The van der Waals surface area contributed by atoms with Crippen LogP contribution in [0, 0.1) is 5.92 Å². The smallest absolute Gasteiger partial charge is 0.255 e. The number of anilines is 1. The second-order valence-electron chi connectivity index (χ2n) is 8.25. The summed E-state index contributed by atoms with van der Waals surface area (Å²) in [5.41, 5.74) is 1.49. The van der Waals surface area contributed by atoms with Crippen LogP contribution in [0.4, 0.5) is 5.82 Å². The van der Waals surface area contributed by atoms with Gasteiger partial charge in [0.05, 0.1) is 18.7 Å². The van der Waals surface area contributed by atoms with Gasteiger partial charge in [0.15, 0.2) is 0 Å². The summed E-state index contributed by atoms with van der Waals surface area (Å²) in [6.45, 7) is 8.27. The fourth-order valence-corrected chi connectivity index (χ4v) is 4.12. The van der Waals surface area contributed by atoms with Crippen LogP contribution in [-0.4, -0.2) is 48.6 Å². The van der Waals surface area contributed by atoms with E-state index in [1.807, 2.05) is 35.2 Å². The lowest BCUT2D eigenvalue weighted by molar-refractivity contribution is -0.0468. The minimum atomic E-state index is -0.361. The van der Waals surface area contributed by atoms with Gasteiger partial charge in [-0.25, -0.2) is 4.98 Å². The van der Waals surface area contributed by atoms with Crippen molar-refractivity contribution in [2.24, 2.45) is 5.92 Å². The molecule has 0 bridgehead atoms. The van der Waals surface area contributed by atoms with Crippen molar-refractivity contribution >= 4 is 11.7 Å². The van der Waals surface area contributed by atoms with E-state index in [-0.39, 0.29) is 11.5 Å². The molecule has 28 heavy (non-hydrogen) atoms. The van der Waals surface area contributed by atoms with Gasteiger partial charge in [-0.1, -0.05) is 37.3 Å². The second-order valence-corrected chi connectivity index (χ2v) is 8.25. The van der Waals surface area contributed by atoms with E-state index in [0.29, 0.717) is 18.1 Å². The van der Waals surface area contributed by atoms with E-state index in [4.69, 9.17) is 4.74 Å². The second kappa shape index (κ2) is 7.92. The highest BCUT2D eigenvalue weighted by atomic mass is 16.5. The zero-order chi connectivity index (χ0) is 19.6. The van der Waals surface area contributed by atoms with Gasteiger partial charge < -0.3 is 14.5 Å². The third-order valence-electron chi connectivity index (χ3n) is 6.05. The highest BCUT2D eigenvalue weighted by molar-refractivity contribution is 5.94. The quantitative estimate of drug-likeness (QED) is 0.816. The molecule has 2 fully saturated rings. The zero-order valence-electron chi connectivity index (χ0n) is 16.8. The molecule has 1 atom stereocenters. The molecule has 0 N–H and O–H groups in total. The van der Waals surface area contributed by atoms with E-state index in [1.54, 1.807) is 6.20 Å². The Labute approximate surface area is 167 Å². The number of carbonyl (C=O) groups excluding carboxylic acids is 1. The molecule has 0 aliphatic carbocycles. The summed E-state index contributed by atoms with van der Waals surface area (Å²) >= 11 is 0. The van der Waals surface area contributed by atoms with Crippen LogP contribution in [0.5, 0.6) is 0 Å². The largest absolute Gasteiger partial charge is 0.367 e. The van der Waals surface area contributed by atoms with Crippen LogP contribution >= 0.6 is 0 Å². The Kier molecular flexibility index (Phi) is 5.36. The number of carbonyl (C=O) groups is 1. The first-order chi connectivity index (χ1) is 13.5. The average Bonchev–Trinajstić information content (AvgIpc) is 2.75. The highest BCUT2D eigenvalue weighted by Gasteiger charge is 2.34. The molecule has 2 aromatic rings. The maximum atomic E-state index is 12.7. The predicted octanol–water partition coefficient (Wildman–Crippen LogP) is 3.71. The molecule has 148 valence electrons. The standard InChI is InChI=1S/C23H29N3O2/c1-18-10-12-25(13-11-18)22(27)19-8-9-21(24-16-19)26-14-15-28-23(2,17-26)20-6-4-3-5-7-20/h3-9,16,18H,10-15,17H2,1-2H3. The molecule has 1 unspecified atom stereocenters. The molecule has 2 saturated heterocycles. The van der Waals surface area contributed by atoms with Crippen LogP contribution < -0.4 is 4.90 Å². The van der Waals surface area contributed by atoms with Crippen molar-refractivity contribution in [2.45, 2.75) is 32.3 Å². The van der Waals surface area contributed by atoms with E-state index in [9.17, 15) is 4.79 Å². The third kappa shape index (κ3) is 3.90. The van der Waals surface area contributed by atoms with Gasteiger partial charge >= 0.3 is 0 Å². The van der Waals surface area contributed by atoms with Crippen LogP contribution in [0.3, 0.4) is 0 Å². The van der Waals surface area contributed by atoms with Crippen LogP contribution in [-0.2, 0) is 10.3 Å². The average molecular weight is 380 g/mol. The van der Waals surface area contributed by atoms with E-state index in [2.05, 4.69) is 35.9 Å². The Morgan fingerprint density at radius 1 is 1.11 bits per heavy atom. The maximum Gasteiger partial charge on any atom is 0.255 e. The maximum absolute atomic E-state index is 12.7. The van der Waals surface area contributed by atoms with Crippen molar-refractivity contribution in [1.29, 1.82) is 0 Å². The number of hydrogen-bond donors (Lipinski definition) is 0. The van der Waals surface area contributed by atoms with E-state index >= 15 is 0 Å². The van der Waals surface area contributed by atoms with E-state index in [1.165, 1.54) is 5.56 Å². The lowest BCUT2D eigenvalue weighted by atomic mass is 9.94. The van der Waals surface area contributed by atoms with Crippen molar-refractivity contribution in [3.8, 4) is 0 Å². The van der Waals surface area contributed by atoms with Crippen molar-refractivity contribution in [3.63, 3.8) is 0 Å². The SMILES string of the molecule is CC1CCN(C(=O)c2ccc(N3CCOC(C)(c4ccccc4)C3)nc2)CC1. The lowest BCUT2D eigenvalue weighted by Crippen LogP contribution is -2.48. The number of ether oxygens (including phenoxy) is 1. The Morgan fingerprint density at radius 3 is 2.54 bits per heavy atom. The first-order valence-corrected chi connectivity index (χ1v) is 10.2. The molecule has 1 aromatic carbocycles. The summed E-state index contributed by atoms with van der Waals surface area (Å²) in [7, 11) is 0. The molecular weight excluding hydrogens is 350 g/mol. The molecule has 2 aliphatic rings. The molecule has 2 aliphatic heterocycles. The summed E-state index contributed by atoms with van der Waals surface area (Å²) in [6.07, 6.45) is 3.90. The Bertz CT molecular complexity index is 800. The predicted molar refractivity (Wildman–Crippen MR) is 110 cm³/mol. The van der Waals surface area contributed by atoms with Crippen molar-refractivity contribution in [1.82, 2.24) is 9.88 Å². The van der Waals surface area contributed by atoms with Gasteiger partial charge in [0.1, 0.15) is 11.4 Å². The summed E-state index contributed by atoms with van der Waals surface area (Å²) in [4.78, 5) is 21.5. The Balaban J connectivity index is 1.45. The topological polar surface area (TPSA) is 45.7 Å². The zero-order valence-corrected chi connectivity index (χ0v) is 16.8. The van der Waals surface area contributed by atoms with Gasteiger partial charge in [0.2, 0.25) is 0 Å². The van der Waals surface area contributed by atoms with Crippen LogP contribution in [0.25, 0.3) is 0 Å². The molecule has 0 spiro atoms. The molecule has 5 heteroatoms. The molecule has 1 aromatic heterocycles. The number of hydrogen-bond acceptors (Lipinski definition) is 4. The Morgan fingerprint density at radius 2 is 1.86 bits per heavy atom. The number of benzene rings is 1. The third-order valence-corrected chi connectivity index (χ3v) is 6.05. The van der Waals surface area contributed by atoms with Gasteiger partial charge in [-0.05, 0) is 43.4 Å². The van der Waals surface area contributed by atoms with Gasteiger partial charge in [-0.15, -0.1) is 0 Å². The van der Waals surface area contributed by atoms with Gasteiger partial charge in [0, 0.05) is 25.8 Å². The molecular formula is C23H29N3O2. The van der Waals surface area contributed by atoms with Crippen LogP contribution in [0.15, 0.2) is 48.7 Å². The van der Waals surface area contributed by atoms with Gasteiger partial charge in [-0.3, -0.25) is 4.79 Å². The highest BCUT2D eigenvalue weighted by Crippen LogP contribution is 2.31. The number of likely N-dealkylation sites (tertiary alicyclic amines) is 1. The minimum Gasteiger partial charge on any atom is -0.367 e. The number of rotatable bonds is 3. The van der Waals surface area contributed by atoms with Gasteiger partial charge in [0.25, 0.3) is 5.91 Å². The first kappa shape index (κ1) is 18.9. The number of aromatic nitrogens is 1. The first-order valence-electron chi connectivity index (χ1n) is 10.2. The molecule has 4 rings (SSSR count). The van der Waals surface area contributed by atoms with Gasteiger partial charge in [-0.2, -0.15) is 0 Å². The number of amides is 1. The summed E-state index contributed by atoms with van der Waals surface area (Å²) in [5.74, 6) is 1.71. The van der Waals surface area contributed by atoms with Crippen LogP contribution in [0.1, 0.15) is 42.6 Å². The van der Waals surface area contributed by atoms with Crippen molar-refractivity contribution in [3.05, 3.63) is 59.8 Å². The number of pyridine rings is 1. The molecule has 5 nitrogen and oxygen atoms in total. The van der Waals surface area contributed by atoms with Crippen LogP contribution in [0.2, 0.25) is 0 Å². The summed E-state index contributed by atoms with van der Waals surface area (Å²) < 4.78 is 6.12. The monoisotopic (exact) mass is 379 g/mol. The van der Waals surface area contributed by atoms with Crippen molar-refractivity contribution in [2.75, 3.05) is 37.7 Å². The number of piperidine rings is 1. The Hall–Kier alpha value is -2.40. The number of morpholine rings is 1. The fourth-order valence-electron chi connectivity index (χ4n) is 4.12. The van der Waals surface area contributed by atoms with Crippen molar-refractivity contribution < 1.29 is 9.53 Å². The normalized spacial score (nSPS) is 23.6. The molecule has 0 saturated carbocycles. The fraction of sp³-hybridized carbons (Fsp3) is 0.478. The molecule has 1 amide bonds. The minimum absolute atomic E-state index is 0.0991. The van der Waals surface area contributed by atoms with E-state index in [0.717, 1.165) is 44.8 Å². The summed E-state index contributed by atoms with van der Waals surface area (Å²) in [6, 6.07) is 14.2. The lowest BCUT2D eigenvalue weighted by Gasteiger charge is -2.41. The molecule has 3 heterocycles. The van der Waals surface area contributed by atoms with E-state index < -0.39 is 0 Å².